The van der Waals surface area contributed by atoms with Crippen LogP contribution in [0.2, 0.25) is 0 Å². The lowest BCUT2D eigenvalue weighted by Crippen LogP contribution is -2.29. The molecule has 1 aromatic heterocycles. The second kappa shape index (κ2) is 5.48. The zero-order valence-electron chi connectivity index (χ0n) is 13.7. The Labute approximate surface area is 139 Å². The number of hydrogen-bond donors (Lipinski definition) is 0. The predicted molar refractivity (Wildman–Crippen MR) is 91.8 cm³/mol. The van der Waals surface area contributed by atoms with Crippen molar-refractivity contribution in [3.8, 4) is 0 Å². The van der Waals surface area contributed by atoms with Gasteiger partial charge in [-0.25, -0.2) is 4.39 Å². The first-order valence-electron chi connectivity index (χ1n) is 8.18. The third-order valence-electron chi connectivity index (χ3n) is 4.87. The summed E-state index contributed by atoms with van der Waals surface area (Å²) in [6.45, 7) is 4.55. The lowest BCUT2D eigenvalue weighted by Gasteiger charge is -2.14. The highest BCUT2D eigenvalue weighted by atomic mass is 19.1. The number of aryl methyl sites for hydroxylation is 1. The van der Waals surface area contributed by atoms with E-state index in [-0.39, 0.29) is 17.6 Å². The summed E-state index contributed by atoms with van der Waals surface area (Å²) in [5.41, 5.74) is 3.59. The van der Waals surface area contributed by atoms with Crippen LogP contribution in [0.4, 0.5) is 10.1 Å². The molecule has 0 saturated heterocycles. The second-order valence-electron chi connectivity index (χ2n) is 6.19. The fraction of sp³-hybridized carbons (Fsp3) is 0.250. The van der Waals surface area contributed by atoms with E-state index in [2.05, 4.69) is 0 Å². The Kier molecular flexibility index (Phi) is 3.41. The van der Waals surface area contributed by atoms with Gasteiger partial charge in [0.1, 0.15) is 17.2 Å². The number of halogens is 1. The minimum atomic E-state index is -0.280. The van der Waals surface area contributed by atoms with Gasteiger partial charge in [-0.15, -0.1) is 0 Å². The van der Waals surface area contributed by atoms with Crippen molar-refractivity contribution >= 4 is 22.6 Å². The molecule has 1 aliphatic rings. The predicted octanol–water partition coefficient (Wildman–Crippen LogP) is 4.57. The average molecular weight is 323 g/mol. The Bertz CT molecular complexity index is 944. The van der Waals surface area contributed by atoms with Crippen molar-refractivity contribution in [2.45, 2.75) is 26.2 Å². The molecule has 0 saturated carbocycles. The summed E-state index contributed by atoms with van der Waals surface area (Å²) >= 11 is 0. The summed E-state index contributed by atoms with van der Waals surface area (Å²) < 4.78 is 19.4. The van der Waals surface area contributed by atoms with Gasteiger partial charge in [-0.3, -0.25) is 4.79 Å². The standard InChI is InChI=1S/C20H18FNO2/c1-3-22-17-7-5-4-6-14(17)16(20(22)23)11-19-12(2)15-10-13(21)8-9-18(15)24-19/h4-10,16H,3,11H2,1-2H3. The van der Waals surface area contributed by atoms with Crippen molar-refractivity contribution in [3.05, 3.63) is 65.2 Å². The fourth-order valence-corrected chi connectivity index (χ4v) is 3.62. The van der Waals surface area contributed by atoms with E-state index >= 15 is 0 Å². The van der Waals surface area contributed by atoms with Gasteiger partial charge in [0.15, 0.2) is 0 Å². The molecule has 4 rings (SSSR count). The molecule has 2 heterocycles. The van der Waals surface area contributed by atoms with Gasteiger partial charge in [0, 0.05) is 24.0 Å². The quantitative estimate of drug-likeness (QED) is 0.707. The highest BCUT2D eigenvalue weighted by Gasteiger charge is 2.37. The van der Waals surface area contributed by atoms with E-state index in [1.54, 1.807) is 6.07 Å². The summed E-state index contributed by atoms with van der Waals surface area (Å²) in [5, 5.41) is 0.774. The number of carbonyl (C=O) groups is 1. The number of amides is 1. The van der Waals surface area contributed by atoms with Gasteiger partial charge in [0.25, 0.3) is 0 Å². The molecule has 0 bridgehead atoms. The van der Waals surface area contributed by atoms with E-state index in [1.807, 2.05) is 43.0 Å². The minimum Gasteiger partial charge on any atom is -0.461 e. The van der Waals surface area contributed by atoms with Gasteiger partial charge in [-0.1, -0.05) is 18.2 Å². The molecule has 4 heteroatoms. The van der Waals surface area contributed by atoms with Gasteiger partial charge >= 0.3 is 0 Å². The van der Waals surface area contributed by atoms with Crippen LogP contribution in [-0.2, 0) is 11.2 Å². The van der Waals surface area contributed by atoms with Crippen LogP contribution < -0.4 is 4.90 Å². The Balaban J connectivity index is 1.76. The van der Waals surface area contributed by atoms with Crippen LogP contribution in [0.15, 0.2) is 46.9 Å². The van der Waals surface area contributed by atoms with Gasteiger partial charge in [-0.05, 0) is 49.2 Å². The molecule has 24 heavy (non-hydrogen) atoms. The van der Waals surface area contributed by atoms with Crippen LogP contribution in [0.25, 0.3) is 11.0 Å². The largest absolute Gasteiger partial charge is 0.461 e. The maximum Gasteiger partial charge on any atom is 0.235 e. The molecule has 2 aromatic carbocycles. The lowest BCUT2D eigenvalue weighted by atomic mass is 9.94. The molecule has 0 fully saturated rings. The van der Waals surface area contributed by atoms with Crippen LogP contribution in [0.3, 0.4) is 0 Å². The zero-order chi connectivity index (χ0) is 16.8. The van der Waals surface area contributed by atoms with E-state index in [4.69, 9.17) is 4.42 Å². The third-order valence-corrected chi connectivity index (χ3v) is 4.87. The maximum absolute atomic E-state index is 13.5. The summed E-state index contributed by atoms with van der Waals surface area (Å²) in [6, 6.07) is 12.4. The smallest absolute Gasteiger partial charge is 0.235 e. The van der Waals surface area contributed by atoms with Crippen molar-refractivity contribution in [2.75, 3.05) is 11.4 Å². The van der Waals surface area contributed by atoms with Crippen LogP contribution in [-0.4, -0.2) is 12.5 Å². The number of hydrogen-bond acceptors (Lipinski definition) is 2. The molecule has 0 N–H and O–H groups in total. The molecule has 0 aliphatic carbocycles. The van der Waals surface area contributed by atoms with E-state index in [1.165, 1.54) is 12.1 Å². The van der Waals surface area contributed by atoms with Gasteiger partial charge in [-0.2, -0.15) is 0 Å². The second-order valence-corrected chi connectivity index (χ2v) is 6.19. The van der Waals surface area contributed by atoms with Crippen LogP contribution >= 0.6 is 0 Å². The molecule has 3 nitrogen and oxygen atoms in total. The van der Waals surface area contributed by atoms with E-state index < -0.39 is 0 Å². The molecule has 0 radical (unpaired) electrons. The number of benzene rings is 2. The number of fused-ring (bicyclic) bond motifs is 2. The number of likely N-dealkylation sites (N-methyl/N-ethyl adjacent to an activating group) is 1. The highest BCUT2D eigenvalue weighted by molar-refractivity contribution is 6.05. The Morgan fingerprint density at radius 1 is 1.21 bits per heavy atom. The zero-order valence-corrected chi connectivity index (χ0v) is 13.7. The molecule has 1 atom stereocenters. The maximum atomic E-state index is 13.5. The molecule has 3 aromatic rings. The van der Waals surface area contributed by atoms with Crippen molar-refractivity contribution in [1.82, 2.24) is 0 Å². The molecule has 1 unspecified atom stereocenters. The van der Waals surface area contributed by atoms with Crippen LogP contribution in [0, 0.1) is 12.7 Å². The Morgan fingerprint density at radius 3 is 2.79 bits per heavy atom. The van der Waals surface area contributed by atoms with Gasteiger partial charge in [0.2, 0.25) is 5.91 Å². The van der Waals surface area contributed by atoms with Gasteiger partial charge < -0.3 is 9.32 Å². The number of nitrogens with zero attached hydrogens (tertiary/aromatic N) is 1. The Hall–Kier alpha value is -2.62. The first kappa shape index (κ1) is 14.9. The number of furan rings is 1. The van der Waals surface area contributed by atoms with Crippen LogP contribution in [0.5, 0.6) is 0 Å². The molecule has 122 valence electrons. The first-order chi connectivity index (χ1) is 11.6. The summed E-state index contributed by atoms with van der Waals surface area (Å²) in [4.78, 5) is 14.6. The van der Waals surface area contributed by atoms with Crippen molar-refractivity contribution < 1.29 is 13.6 Å². The number of rotatable bonds is 3. The monoisotopic (exact) mass is 323 g/mol. The average Bonchev–Trinajstić information content (AvgIpc) is 3.03. The third kappa shape index (κ3) is 2.13. The summed E-state index contributed by atoms with van der Waals surface area (Å²) in [7, 11) is 0. The fourth-order valence-electron chi connectivity index (χ4n) is 3.62. The van der Waals surface area contributed by atoms with Crippen molar-refractivity contribution in [2.24, 2.45) is 0 Å². The van der Waals surface area contributed by atoms with Gasteiger partial charge in [0.05, 0.1) is 5.92 Å². The SMILES string of the molecule is CCN1C(=O)C(Cc2oc3ccc(F)cc3c2C)c2ccccc21. The molecule has 1 amide bonds. The van der Waals surface area contributed by atoms with E-state index in [0.29, 0.717) is 18.5 Å². The molecule has 1 aliphatic heterocycles. The number of para-hydroxylation sites is 1. The number of carbonyl (C=O) groups excluding carboxylic acids is 1. The highest BCUT2D eigenvalue weighted by Crippen LogP contribution is 2.40. The molecule has 0 spiro atoms. The Morgan fingerprint density at radius 2 is 2.00 bits per heavy atom. The minimum absolute atomic E-state index is 0.102. The van der Waals surface area contributed by atoms with Crippen LogP contribution in [0.1, 0.15) is 29.7 Å². The summed E-state index contributed by atoms with van der Waals surface area (Å²) in [5.74, 6) is 0.328. The normalized spacial score (nSPS) is 16.9. The van der Waals surface area contributed by atoms with Crippen molar-refractivity contribution in [1.29, 1.82) is 0 Å². The molecular formula is C20H18FNO2. The van der Waals surface area contributed by atoms with E-state index in [0.717, 1.165) is 28.0 Å². The van der Waals surface area contributed by atoms with E-state index in [9.17, 15) is 9.18 Å². The molecular weight excluding hydrogens is 305 g/mol. The topological polar surface area (TPSA) is 33.5 Å². The number of anilines is 1. The van der Waals surface area contributed by atoms with Crippen molar-refractivity contribution in [3.63, 3.8) is 0 Å². The first-order valence-corrected chi connectivity index (χ1v) is 8.18. The summed E-state index contributed by atoms with van der Waals surface area (Å²) in [6.07, 6.45) is 0.495. The lowest BCUT2D eigenvalue weighted by molar-refractivity contribution is -0.119.